The summed E-state index contributed by atoms with van der Waals surface area (Å²) in [5.41, 5.74) is 3.97. The highest BCUT2D eigenvalue weighted by Gasteiger charge is 2.62. The van der Waals surface area contributed by atoms with Gasteiger partial charge in [-0.25, -0.2) is 0 Å². The molecule has 0 bridgehead atoms. The molecule has 0 heterocycles. The zero-order valence-electron chi connectivity index (χ0n) is 16.1. The molecule has 0 aromatic rings. The maximum Gasteiger partial charge on any atom is 0.0340 e. The third-order valence-electron chi connectivity index (χ3n) is 9.32. The van der Waals surface area contributed by atoms with Crippen LogP contribution in [-0.2, 0) is 0 Å². The monoisotopic (exact) mass is 322 g/mol. The molecule has 0 aliphatic heterocycles. The molecule has 3 saturated carbocycles. The number of rotatable bonds is 0. The topological polar surface area (TPSA) is 0 Å². The van der Waals surface area contributed by atoms with Gasteiger partial charge < -0.3 is 0 Å². The van der Waals surface area contributed by atoms with Gasteiger partial charge in [0.2, 0.25) is 0 Å². The minimum Gasteiger partial charge on any atom is -0.120 e. The Bertz CT molecular complexity index is 645. The number of allylic oxidation sites excluding steroid dienone is 3. The van der Waals surface area contributed by atoms with Crippen molar-refractivity contribution in [3.05, 3.63) is 23.8 Å². The summed E-state index contributed by atoms with van der Waals surface area (Å²) in [4.78, 5) is 0. The van der Waals surface area contributed by atoms with Crippen LogP contribution in [0, 0.1) is 52.3 Å². The van der Waals surface area contributed by atoms with Crippen molar-refractivity contribution >= 4 is 0 Å². The van der Waals surface area contributed by atoms with Gasteiger partial charge in [0.25, 0.3) is 0 Å². The van der Waals surface area contributed by atoms with Crippen LogP contribution < -0.4 is 0 Å². The summed E-state index contributed by atoms with van der Waals surface area (Å²) in [6.45, 7) is 14.2. The quantitative estimate of drug-likeness (QED) is 0.453. The average molecular weight is 323 g/mol. The molecule has 0 aromatic carbocycles. The van der Waals surface area contributed by atoms with Gasteiger partial charge in [0.05, 0.1) is 0 Å². The molecule has 0 nitrogen and oxygen atoms in total. The van der Waals surface area contributed by atoms with Crippen molar-refractivity contribution in [2.45, 2.75) is 72.6 Å². The smallest absolute Gasteiger partial charge is 0.0340 e. The second-order valence-corrected chi connectivity index (χ2v) is 10.2. The van der Waals surface area contributed by atoms with E-state index < -0.39 is 0 Å². The Morgan fingerprint density at radius 3 is 2.54 bits per heavy atom. The van der Waals surface area contributed by atoms with Gasteiger partial charge in [0.15, 0.2) is 0 Å². The Balaban J connectivity index is 1.74. The summed E-state index contributed by atoms with van der Waals surface area (Å²) >= 11 is 0. The first-order chi connectivity index (χ1) is 11.2. The van der Waals surface area contributed by atoms with Gasteiger partial charge >= 0.3 is 0 Å². The standard InChI is InChI=1S/C24H34/c1-7-22(4)11-9-20-18-15-17(3)21-14-16(2)8-12-23(21,5)19(18)10-13-24(20,22)6/h1,14,17-20H,2,8-13,15H2,3-6H3. The molecule has 4 rings (SSSR count). The molecular weight excluding hydrogens is 288 g/mol. The molecule has 130 valence electrons. The molecule has 7 unspecified atom stereocenters. The number of hydrogen-bond donors (Lipinski definition) is 0. The molecule has 24 heavy (non-hydrogen) atoms. The first-order valence-electron chi connectivity index (χ1n) is 10.1. The maximum absolute atomic E-state index is 6.03. The Kier molecular flexibility index (Phi) is 3.46. The van der Waals surface area contributed by atoms with Gasteiger partial charge in [-0.15, -0.1) is 6.42 Å². The fraction of sp³-hybridized carbons (Fsp3) is 0.750. The third kappa shape index (κ3) is 1.88. The average Bonchev–Trinajstić information content (AvgIpc) is 2.82. The fourth-order valence-corrected chi connectivity index (χ4v) is 7.57. The van der Waals surface area contributed by atoms with Crippen molar-refractivity contribution < 1.29 is 0 Å². The molecule has 7 atom stereocenters. The molecule has 0 aromatic heterocycles. The summed E-state index contributed by atoms with van der Waals surface area (Å²) in [7, 11) is 0. The molecule has 0 heteroatoms. The van der Waals surface area contributed by atoms with Crippen LogP contribution in [0.1, 0.15) is 72.6 Å². The first kappa shape index (κ1) is 16.5. The summed E-state index contributed by atoms with van der Waals surface area (Å²) in [6, 6.07) is 0. The zero-order valence-corrected chi connectivity index (χ0v) is 16.1. The van der Waals surface area contributed by atoms with Crippen molar-refractivity contribution in [1.29, 1.82) is 0 Å². The van der Waals surface area contributed by atoms with E-state index in [1.807, 2.05) is 0 Å². The van der Waals surface area contributed by atoms with Crippen molar-refractivity contribution in [2.24, 2.45) is 39.9 Å². The second-order valence-electron chi connectivity index (χ2n) is 10.2. The van der Waals surface area contributed by atoms with Gasteiger partial charge in [-0.3, -0.25) is 0 Å². The van der Waals surface area contributed by atoms with Gasteiger partial charge in [0.1, 0.15) is 0 Å². The van der Waals surface area contributed by atoms with Crippen LogP contribution in [0.5, 0.6) is 0 Å². The van der Waals surface area contributed by atoms with Crippen molar-refractivity contribution in [1.82, 2.24) is 0 Å². The maximum atomic E-state index is 6.03. The number of terminal acetylenes is 1. The summed E-state index contributed by atoms with van der Waals surface area (Å²) < 4.78 is 0. The van der Waals surface area contributed by atoms with Crippen LogP contribution in [0.25, 0.3) is 0 Å². The van der Waals surface area contributed by atoms with Gasteiger partial charge in [-0.1, -0.05) is 50.5 Å². The van der Waals surface area contributed by atoms with Crippen LogP contribution in [0.2, 0.25) is 0 Å². The molecule has 4 aliphatic rings. The van der Waals surface area contributed by atoms with Crippen LogP contribution in [0.3, 0.4) is 0 Å². The van der Waals surface area contributed by atoms with E-state index >= 15 is 0 Å². The zero-order chi connectivity index (χ0) is 17.3. The highest BCUT2D eigenvalue weighted by molar-refractivity contribution is 5.35. The molecule has 0 spiro atoms. The van der Waals surface area contributed by atoms with E-state index in [1.165, 1.54) is 50.5 Å². The lowest BCUT2D eigenvalue weighted by Crippen LogP contribution is -2.53. The Hall–Kier alpha value is -0.960. The summed E-state index contributed by atoms with van der Waals surface area (Å²) in [6.07, 6.45) is 17.7. The lowest BCUT2D eigenvalue weighted by molar-refractivity contribution is -0.0692. The van der Waals surface area contributed by atoms with Crippen molar-refractivity contribution in [2.75, 3.05) is 0 Å². The lowest BCUT2D eigenvalue weighted by Gasteiger charge is -2.60. The molecule has 3 fully saturated rings. The highest BCUT2D eigenvalue weighted by Crippen LogP contribution is 2.70. The first-order valence-corrected chi connectivity index (χ1v) is 10.1. The summed E-state index contributed by atoms with van der Waals surface area (Å²) in [5, 5.41) is 0. The molecule has 0 saturated heterocycles. The fourth-order valence-electron chi connectivity index (χ4n) is 7.57. The van der Waals surface area contributed by atoms with Crippen molar-refractivity contribution in [3.63, 3.8) is 0 Å². The lowest BCUT2D eigenvalue weighted by atomic mass is 9.44. The van der Waals surface area contributed by atoms with Crippen LogP contribution in [0.15, 0.2) is 23.8 Å². The van der Waals surface area contributed by atoms with Crippen molar-refractivity contribution in [3.8, 4) is 12.3 Å². The van der Waals surface area contributed by atoms with Crippen LogP contribution >= 0.6 is 0 Å². The van der Waals surface area contributed by atoms with E-state index in [-0.39, 0.29) is 5.41 Å². The molecule has 4 aliphatic carbocycles. The molecule has 0 amide bonds. The molecule has 0 radical (unpaired) electrons. The SMILES string of the molecule is C#CC1(C)CCC2C3CC(C)C4=CC(=C)CCC4(C)C3CCC21C. The predicted octanol–water partition coefficient (Wildman–Crippen LogP) is 6.39. The largest absolute Gasteiger partial charge is 0.120 e. The number of hydrogen-bond acceptors (Lipinski definition) is 0. The predicted molar refractivity (Wildman–Crippen MR) is 102 cm³/mol. The highest BCUT2D eigenvalue weighted by atomic mass is 14.7. The van der Waals surface area contributed by atoms with E-state index in [4.69, 9.17) is 6.42 Å². The molecular formula is C24H34. The third-order valence-corrected chi connectivity index (χ3v) is 9.32. The van der Waals surface area contributed by atoms with Gasteiger partial charge in [-0.05, 0) is 86.4 Å². The Morgan fingerprint density at radius 2 is 1.83 bits per heavy atom. The van der Waals surface area contributed by atoms with Gasteiger partial charge in [0, 0.05) is 5.41 Å². The molecule has 0 N–H and O–H groups in total. The minimum atomic E-state index is 0.115. The van der Waals surface area contributed by atoms with Crippen LogP contribution in [-0.4, -0.2) is 0 Å². The van der Waals surface area contributed by atoms with E-state index in [9.17, 15) is 0 Å². The minimum absolute atomic E-state index is 0.115. The van der Waals surface area contributed by atoms with E-state index in [0.29, 0.717) is 16.7 Å². The van der Waals surface area contributed by atoms with E-state index in [1.54, 1.807) is 5.57 Å². The number of fused-ring (bicyclic) bond motifs is 5. The normalized spacial score (nSPS) is 53.5. The Labute approximate surface area is 149 Å². The Morgan fingerprint density at radius 1 is 1.12 bits per heavy atom. The van der Waals surface area contributed by atoms with E-state index in [2.05, 4.69) is 46.3 Å². The summed E-state index contributed by atoms with van der Waals surface area (Å²) in [5.74, 6) is 6.53. The van der Waals surface area contributed by atoms with Crippen LogP contribution in [0.4, 0.5) is 0 Å². The second kappa shape index (κ2) is 5.03. The van der Waals surface area contributed by atoms with Gasteiger partial charge in [-0.2, -0.15) is 0 Å². The van der Waals surface area contributed by atoms with E-state index in [0.717, 1.165) is 17.8 Å².